The van der Waals surface area contributed by atoms with Gasteiger partial charge >= 0.3 is 22.6 Å². The predicted octanol–water partition coefficient (Wildman–Crippen LogP) is 0.0627. The lowest BCUT2D eigenvalue weighted by Crippen LogP contribution is -2.57. The number of hydrogen-bond donors (Lipinski definition) is 1. The van der Waals surface area contributed by atoms with E-state index in [2.05, 4.69) is 14.2 Å². The molecule has 0 aliphatic carbocycles. The molecule has 1 saturated heterocycles. The Balaban J connectivity index is 2.06. The molecule has 0 amide bonds. The van der Waals surface area contributed by atoms with E-state index in [1.807, 2.05) is 4.68 Å². The van der Waals surface area contributed by atoms with Crippen molar-refractivity contribution < 1.29 is 21.8 Å². The average molecular weight is 274 g/mol. The molecule has 0 saturated carbocycles. The van der Waals surface area contributed by atoms with E-state index in [1.54, 1.807) is 6.20 Å². The lowest BCUT2D eigenvalue weighted by Gasteiger charge is -2.17. The molecular formula is C10H16N3O4S+. The lowest BCUT2D eigenvalue weighted by atomic mass is 10.2. The molecule has 0 spiro atoms. The van der Waals surface area contributed by atoms with E-state index in [0.717, 1.165) is 25.9 Å². The van der Waals surface area contributed by atoms with Crippen LogP contribution in [-0.4, -0.2) is 31.0 Å². The summed E-state index contributed by atoms with van der Waals surface area (Å²) in [7, 11) is -4.51. The molecule has 1 aliphatic rings. The highest BCUT2D eigenvalue weighted by Gasteiger charge is 2.16. The average Bonchev–Trinajstić information content (AvgIpc) is 2.56. The SMILES string of the molecule is O=S(=O)(O)Oc1cc[n+](N2CCCCCC2)cn1. The summed E-state index contributed by atoms with van der Waals surface area (Å²) in [6, 6.07) is 1.40. The molecule has 0 bridgehead atoms. The Morgan fingerprint density at radius 3 is 2.44 bits per heavy atom. The second-order valence-corrected chi connectivity index (χ2v) is 5.18. The molecular weight excluding hydrogens is 258 g/mol. The highest BCUT2D eigenvalue weighted by atomic mass is 32.3. The van der Waals surface area contributed by atoms with Crippen LogP contribution in [0.5, 0.6) is 5.88 Å². The monoisotopic (exact) mass is 274 g/mol. The fourth-order valence-corrected chi connectivity index (χ4v) is 2.26. The van der Waals surface area contributed by atoms with Crippen LogP contribution in [0.1, 0.15) is 25.7 Å². The van der Waals surface area contributed by atoms with Gasteiger partial charge in [-0.05, 0) is 17.8 Å². The summed E-state index contributed by atoms with van der Waals surface area (Å²) in [4.78, 5) is 3.83. The Labute approximate surface area is 106 Å². The van der Waals surface area contributed by atoms with E-state index in [-0.39, 0.29) is 5.88 Å². The van der Waals surface area contributed by atoms with E-state index in [4.69, 9.17) is 4.55 Å². The van der Waals surface area contributed by atoms with E-state index in [1.165, 1.54) is 25.2 Å². The molecule has 1 aromatic heterocycles. The predicted molar refractivity (Wildman–Crippen MR) is 63.0 cm³/mol. The van der Waals surface area contributed by atoms with Crippen LogP contribution >= 0.6 is 0 Å². The van der Waals surface area contributed by atoms with E-state index >= 15 is 0 Å². The first kappa shape index (κ1) is 13.0. The number of aromatic nitrogens is 2. The van der Waals surface area contributed by atoms with Crippen LogP contribution in [0, 0.1) is 0 Å². The number of nitrogens with zero attached hydrogens (tertiary/aromatic N) is 3. The van der Waals surface area contributed by atoms with Crippen molar-refractivity contribution in [1.29, 1.82) is 0 Å². The van der Waals surface area contributed by atoms with E-state index in [9.17, 15) is 8.42 Å². The first-order valence-electron chi connectivity index (χ1n) is 5.84. The van der Waals surface area contributed by atoms with Crippen LogP contribution in [0.15, 0.2) is 18.6 Å². The molecule has 18 heavy (non-hydrogen) atoms. The van der Waals surface area contributed by atoms with Gasteiger partial charge in [0.15, 0.2) is 0 Å². The standard InChI is InChI=1S/C10H15N3O4S/c14-18(15,16)17-10-5-8-13(9-11-10)12-6-3-1-2-4-7-12/h5,8-9H,1-4,6-7H2/p+1. The van der Waals surface area contributed by atoms with Gasteiger partial charge in [-0.2, -0.15) is 8.42 Å². The van der Waals surface area contributed by atoms with Gasteiger partial charge in [0.25, 0.3) is 0 Å². The number of rotatable bonds is 3. The molecule has 0 aromatic carbocycles. The van der Waals surface area contributed by atoms with Crippen LogP contribution in [-0.2, 0) is 10.4 Å². The van der Waals surface area contributed by atoms with Gasteiger partial charge in [-0.15, -0.1) is 4.68 Å². The van der Waals surface area contributed by atoms with Crippen molar-refractivity contribution in [3.05, 3.63) is 18.6 Å². The summed E-state index contributed by atoms with van der Waals surface area (Å²) in [6.07, 6.45) is 7.88. The third-order valence-electron chi connectivity index (χ3n) is 2.77. The fraction of sp³-hybridized carbons (Fsp3) is 0.600. The van der Waals surface area contributed by atoms with E-state index in [0.29, 0.717) is 0 Å². The van der Waals surface area contributed by atoms with Crippen molar-refractivity contribution in [2.75, 3.05) is 18.1 Å². The summed E-state index contributed by atoms with van der Waals surface area (Å²) < 4.78 is 35.6. The van der Waals surface area contributed by atoms with Gasteiger partial charge in [0, 0.05) is 0 Å². The highest BCUT2D eigenvalue weighted by Crippen LogP contribution is 2.07. The van der Waals surface area contributed by atoms with Crippen LogP contribution in [0.2, 0.25) is 0 Å². The number of hydrogen-bond acceptors (Lipinski definition) is 5. The van der Waals surface area contributed by atoms with Gasteiger partial charge < -0.3 is 4.18 Å². The maximum atomic E-state index is 10.5. The molecule has 7 nitrogen and oxygen atoms in total. The second-order valence-electron chi connectivity index (χ2n) is 4.16. The van der Waals surface area contributed by atoms with Crippen molar-refractivity contribution in [3.8, 4) is 5.88 Å². The summed E-state index contributed by atoms with van der Waals surface area (Å²) in [5, 5.41) is 2.14. The highest BCUT2D eigenvalue weighted by molar-refractivity contribution is 7.81. The third kappa shape index (κ3) is 3.81. The van der Waals surface area contributed by atoms with E-state index < -0.39 is 10.4 Å². The zero-order valence-electron chi connectivity index (χ0n) is 9.90. The summed E-state index contributed by atoms with van der Waals surface area (Å²) in [5.41, 5.74) is 0. The minimum Gasteiger partial charge on any atom is -0.318 e. The second kappa shape index (κ2) is 5.49. The van der Waals surface area contributed by atoms with Gasteiger partial charge in [-0.1, -0.05) is 12.8 Å². The van der Waals surface area contributed by atoms with Crippen molar-refractivity contribution in [2.24, 2.45) is 0 Å². The molecule has 2 rings (SSSR count). The molecule has 100 valence electrons. The van der Waals surface area contributed by atoms with Gasteiger partial charge in [0.05, 0.1) is 19.2 Å². The maximum Gasteiger partial charge on any atom is 0.449 e. The molecule has 2 heterocycles. The Bertz CT molecular complexity index is 480. The Morgan fingerprint density at radius 2 is 1.94 bits per heavy atom. The first-order chi connectivity index (χ1) is 8.54. The Kier molecular flexibility index (Phi) is 3.97. The summed E-state index contributed by atoms with van der Waals surface area (Å²) in [6.45, 7) is 1.90. The Hall–Kier alpha value is -1.41. The molecule has 1 aliphatic heterocycles. The zero-order valence-corrected chi connectivity index (χ0v) is 10.7. The summed E-state index contributed by atoms with van der Waals surface area (Å²) in [5.74, 6) is -0.149. The van der Waals surface area contributed by atoms with Crippen molar-refractivity contribution in [3.63, 3.8) is 0 Å². The lowest BCUT2D eigenvalue weighted by molar-refractivity contribution is -0.696. The van der Waals surface area contributed by atoms with Crippen LogP contribution in [0.3, 0.4) is 0 Å². The quantitative estimate of drug-likeness (QED) is 0.620. The van der Waals surface area contributed by atoms with Crippen LogP contribution < -0.4 is 13.9 Å². The van der Waals surface area contributed by atoms with Gasteiger partial charge in [0.1, 0.15) is 6.20 Å². The summed E-state index contributed by atoms with van der Waals surface area (Å²) >= 11 is 0. The van der Waals surface area contributed by atoms with Crippen molar-refractivity contribution in [1.82, 2.24) is 4.98 Å². The van der Waals surface area contributed by atoms with Crippen LogP contribution in [0.25, 0.3) is 0 Å². The topological polar surface area (TPSA) is 83.6 Å². The molecule has 0 radical (unpaired) electrons. The first-order valence-corrected chi connectivity index (χ1v) is 7.20. The minimum absolute atomic E-state index is 0.149. The largest absolute Gasteiger partial charge is 0.449 e. The fourth-order valence-electron chi connectivity index (χ4n) is 1.95. The molecule has 1 aromatic rings. The molecule has 1 N–H and O–H groups in total. The molecule has 1 fully saturated rings. The molecule has 0 unspecified atom stereocenters. The maximum absolute atomic E-state index is 10.5. The van der Waals surface area contributed by atoms with Gasteiger partial charge in [0.2, 0.25) is 0 Å². The molecule has 0 atom stereocenters. The van der Waals surface area contributed by atoms with Crippen LogP contribution in [0.4, 0.5) is 0 Å². The van der Waals surface area contributed by atoms with Crippen molar-refractivity contribution in [2.45, 2.75) is 25.7 Å². The van der Waals surface area contributed by atoms with Crippen molar-refractivity contribution >= 4 is 10.4 Å². The normalized spacial score (nSPS) is 17.3. The smallest absolute Gasteiger partial charge is 0.318 e. The van der Waals surface area contributed by atoms with Gasteiger partial charge in [-0.3, -0.25) is 4.55 Å². The zero-order chi connectivity index (χ0) is 13.0. The van der Waals surface area contributed by atoms with Gasteiger partial charge in [-0.25, -0.2) is 5.01 Å². The Morgan fingerprint density at radius 1 is 1.28 bits per heavy atom. The third-order valence-corrected chi connectivity index (χ3v) is 3.15. The minimum atomic E-state index is -4.51. The molecule has 8 heteroatoms.